The van der Waals surface area contributed by atoms with Crippen LogP contribution >= 0.6 is 0 Å². The average molecular weight is 551 g/mol. The normalized spacial score (nSPS) is 12.1. The quantitative estimate of drug-likeness (QED) is 0.184. The number of amides is 2. The second-order valence-corrected chi connectivity index (χ2v) is 9.68. The number of para-hydroxylation sites is 1. The topological polar surface area (TPSA) is 112 Å². The van der Waals surface area contributed by atoms with Gasteiger partial charge in [0.25, 0.3) is 0 Å². The number of rotatable bonds is 13. The lowest BCUT2D eigenvalue weighted by atomic mass is 9.97. The summed E-state index contributed by atoms with van der Waals surface area (Å²) >= 11 is 0. The van der Waals surface area contributed by atoms with Crippen molar-refractivity contribution in [1.82, 2.24) is 10.3 Å². The van der Waals surface area contributed by atoms with Crippen LogP contribution in [0, 0.1) is 0 Å². The van der Waals surface area contributed by atoms with Crippen LogP contribution < -0.4 is 15.5 Å². The number of carboxylic acid groups (broad SMARTS) is 1. The molecule has 0 aliphatic carbocycles. The van der Waals surface area contributed by atoms with Gasteiger partial charge in [0.2, 0.25) is 11.8 Å². The number of carbonyl (C=O) groups excluding carboxylic acids is 2. The van der Waals surface area contributed by atoms with Gasteiger partial charge in [-0.2, -0.15) is 0 Å². The van der Waals surface area contributed by atoms with Crippen molar-refractivity contribution in [3.05, 3.63) is 115 Å². The van der Waals surface area contributed by atoms with Crippen LogP contribution in [0.5, 0.6) is 0 Å². The van der Waals surface area contributed by atoms with Gasteiger partial charge in [-0.25, -0.2) is 4.98 Å². The lowest BCUT2D eigenvalue weighted by Gasteiger charge is -2.34. The highest BCUT2D eigenvalue weighted by molar-refractivity contribution is 6.00. The largest absolute Gasteiger partial charge is 0.481 e. The van der Waals surface area contributed by atoms with E-state index in [4.69, 9.17) is 0 Å². The third-order valence-electron chi connectivity index (χ3n) is 6.65. The van der Waals surface area contributed by atoms with Crippen molar-refractivity contribution in [3.63, 3.8) is 0 Å². The zero-order valence-electron chi connectivity index (χ0n) is 22.9. The maximum atomic E-state index is 13.9. The van der Waals surface area contributed by atoms with Gasteiger partial charge in [-0.3, -0.25) is 14.4 Å². The second-order valence-electron chi connectivity index (χ2n) is 9.68. The first kappa shape index (κ1) is 29.0. The Balaban J connectivity index is 1.50. The molecule has 0 saturated carbocycles. The number of carboxylic acids is 1. The summed E-state index contributed by atoms with van der Waals surface area (Å²) in [5.74, 6) is -0.956. The molecule has 2 amide bonds. The van der Waals surface area contributed by atoms with E-state index < -0.39 is 24.0 Å². The van der Waals surface area contributed by atoms with Crippen LogP contribution in [0.25, 0.3) is 11.1 Å². The highest BCUT2D eigenvalue weighted by Crippen LogP contribution is 2.32. The molecule has 4 aromatic rings. The molecule has 3 N–H and O–H groups in total. The molecule has 210 valence electrons. The van der Waals surface area contributed by atoms with Gasteiger partial charge in [0.1, 0.15) is 11.9 Å². The van der Waals surface area contributed by atoms with Crippen LogP contribution in [0.3, 0.4) is 0 Å². The molecule has 4 rings (SSSR count). The molecule has 8 heteroatoms. The molecule has 0 aliphatic heterocycles. The minimum Gasteiger partial charge on any atom is -0.481 e. The summed E-state index contributed by atoms with van der Waals surface area (Å²) in [6.45, 7) is 2.18. The molecular formula is C33H34N4O4. The molecule has 0 radical (unpaired) electrons. The highest BCUT2D eigenvalue weighted by Gasteiger charge is 2.32. The summed E-state index contributed by atoms with van der Waals surface area (Å²) in [4.78, 5) is 44.3. The van der Waals surface area contributed by atoms with Crippen molar-refractivity contribution in [3.8, 4) is 11.1 Å². The predicted octanol–water partition coefficient (Wildman–Crippen LogP) is 5.69. The first-order valence-corrected chi connectivity index (χ1v) is 13.6. The minimum atomic E-state index is -1.03. The fourth-order valence-electron chi connectivity index (χ4n) is 4.62. The highest BCUT2D eigenvalue weighted by atomic mass is 16.4. The Morgan fingerprint density at radius 3 is 2.10 bits per heavy atom. The molecule has 0 aliphatic rings. The predicted molar refractivity (Wildman–Crippen MR) is 160 cm³/mol. The Bertz CT molecular complexity index is 1410. The minimum absolute atomic E-state index is 0.224. The smallest absolute Gasteiger partial charge is 0.305 e. The fraction of sp³-hybridized carbons (Fsp3) is 0.212. The average Bonchev–Trinajstić information content (AvgIpc) is 3.00. The number of aliphatic carboxylic acids is 1. The molecule has 0 saturated heterocycles. The number of anilines is 2. The lowest BCUT2D eigenvalue weighted by Crippen LogP contribution is -2.48. The molecule has 2 atom stereocenters. The number of aromatic nitrogens is 1. The van der Waals surface area contributed by atoms with E-state index in [0.717, 1.165) is 16.9 Å². The van der Waals surface area contributed by atoms with Gasteiger partial charge in [0, 0.05) is 24.8 Å². The Morgan fingerprint density at radius 2 is 1.46 bits per heavy atom. The summed E-state index contributed by atoms with van der Waals surface area (Å²) in [6.07, 6.45) is 2.17. The zero-order chi connectivity index (χ0) is 29.0. The zero-order valence-corrected chi connectivity index (χ0v) is 22.9. The van der Waals surface area contributed by atoms with Crippen molar-refractivity contribution in [2.75, 3.05) is 16.8 Å². The van der Waals surface area contributed by atoms with Gasteiger partial charge < -0.3 is 20.6 Å². The second kappa shape index (κ2) is 14.4. The molecule has 0 fully saturated rings. The van der Waals surface area contributed by atoms with Crippen LogP contribution in [0.1, 0.15) is 37.8 Å². The van der Waals surface area contributed by atoms with Crippen molar-refractivity contribution < 1.29 is 19.5 Å². The van der Waals surface area contributed by atoms with Crippen molar-refractivity contribution in [2.45, 2.75) is 38.3 Å². The van der Waals surface area contributed by atoms with Crippen molar-refractivity contribution >= 4 is 29.3 Å². The number of hydrogen-bond donors (Lipinski definition) is 3. The number of pyridine rings is 1. The van der Waals surface area contributed by atoms with E-state index in [9.17, 15) is 19.5 Å². The number of nitrogens with one attached hydrogen (secondary N) is 2. The first-order chi connectivity index (χ1) is 19.9. The Hall–Kier alpha value is -4.98. The maximum absolute atomic E-state index is 13.9. The van der Waals surface area contributed by atoms with Crippen molar-refractivity contribution in [2.24, 2.45) is 0 Å². The van der Waals surface area contributed by atoms with Gasteiger partial charge in [0.15, 0.2) is 0 Å². The van der Waals surface area contributed by atoms with E-state index in [1.165, 1.54) is 4.90 Å². The van der Waals surface area contributed by atoms with E-state index in [0.29, 0.717) is 24.2 Å². The van der Waals surface area contributed by atoms with Crippen LogP contribution in [0.4, 0.5) is 11.5 Å². The SMILES string of the molecule is C[C@@H](NC(=O)CCCNc1ccccn1)C(=O)N(c1ccccc1)C(CC(=O)O)c1ccc(-c2ccccc2)cc1. The van der Waals surface area contributed by atoms with E-state index in [1.807, 2.05) is 78.9 Å². The van der Waals surface area contributed by atoms with E-state index in [2.05, 4.69) is 15.6 Å². The summed E-state index contributed by atoms with van der Waals surface area (Å²) in [5, 5.41) is 15.8. The molecule has 0 spiro atoms. The van der Waals surface area contributed by atoms with E-state index >= 15 is 0 Å². The summed E-state index contributed by atoms with van der Waals surface area (Å²) in [7, 11) is 0. The molecule has 1 aromatic heterocycles. The molecule has 3 aromatic carbocycles. The van der Waals surface area contributed by atoms with Crippen LogP contribution in [-0.4, -0.2) is 40.5 Å². The summed E-state index contributed by atoms with van der Waals surface area (Å²) in [5.41, 5.74) is 3.26. The van der Waals surface area contributed by atoms with Gasteiger partial charge >= 0.3 is 5.97 Å². The van der Waals surface area contributed by atoms with Gasteiger partial charge in [-0.15, -0.1) is 0 Å². The van der Waals surface area contributed by atoms with Crippen LogP contribution in [0.2, 0.25) is 0 Å². The molecule has 41 heavy (non-hydrogen) atoms. The van der Waals surface area contributed by atoms with Crippen LogP contribution in [0.15, 0.2) is 109 Å². The molecule has 1 unspecified atom stereocenters. The molecule has 0 bridgehead atoms. The monoisotopic (exact) mass is 550 g/mol. The third-order valence-corrected chi connectivity index (χ3v) is 6.65. The van der Waals surface area contributed by atoms with E-state index in [-0.39, 0.29) is 18.7 Å². The molecule has 8 nitrogen and oxygen atoms in total. The van der Waals surface area contributed by atoms with Crippen molar-refractivity contribution in [1.29, 1.82) is 0 Å². The summed E-state index contributed by atoms with van der Waals surface area (Å²) in [6, 6.07) is 30.3. The van der Waals surface area contributed by atoms with Gasteiger partial charge in [0.05, 0.1) is 12.5 Å². The number of nitrogens with zero attached hydrogens (tertiary/aromatic N) is 2. The third kappa shape index (κ3) is 8.25. The maximum Gasteiger partial charge on any atom is 0.305 e. The van der Waals surface area contributed by atoms with Gasteiger partial charge in [-0.05, 0) is 54.3 Å². The number of hydrogen-bond acceptors (Lipinski definition) is 5. The Kier molecular flexibility index (Phi) is 10.2. The lowest BCUT2D eigenvalue weighted by molar-refractivity contribution is -0.137. The van der Waals surface area contributed by atoms with Crippen LogP contribution in [-0.2, 0) is 14.4 Å². The number of benzene rings is 3. The fourth-order valence-corrected chi connectivity index (χ4v) is 4.62. The van der Waals surface area contributed by atoms with E-state index in [1.54, 1.807) is 37.4 Å². The molecular weight excluding hydrogens is 516 g/mol. The Morgan fingerprint density at radius 1 is 0.829 bits per heavy atom. The standard InChI is InChI=1S/C33H34N4O4/c1-24(36-31(38)16-10-22-35-30-15-8-9-21-34-30)33(41)37(28-13-6-3-7-14-28)29(23-32(39)40)27-19-17-26(18-20-27)25-11-4-2-5-12-25/h2-9,11-15,17-21,24,29H,10,16,22-23H2,1H3,(H,34,35)(H,36,38)(H,39,40)/t24-,29?/m1/s1. The Labute approximate surface area is 240 Å². The van der Waals surface area contributed by atoms with Gasteiger partial charge in [-0.1, -0.05) is 78.9 Å². The summed E-state index contributed by atoms with van der Waals surface area (Å²) < 4.78 is 0. The molecule has 1 heterocycles. The number of carbonyl (C=O) groups is 3. The first-order valence-electron chi connectivity index (χ1n) is 13.6.